The number of benzene rings is 3. The Labute approximate surface area is 211 Å². The molecule has 1 N–H and O–H groups in total. The monoisotopic (exact) mass is 499 g/mol. The first-order valence-corrected chi connectivity index (χ1v) is 12.2. The second-order valence-electron chi connectivity index (χ2n) is 8.35. The molecule has 0 bridgehead atoms. The highest BCUT2D eigenvalue weighted by Gasteiger charge is 2.35. The lowest BCUT2D eigenvalue weighted by Gasteiger charge is -2.12. The lowest BCUT2D eigenvalue weighted by atomic mass is 10.1. The van der Waals surface area contributed by atoms with E-state index in [1.165, 1.54) is 6.07 Å². The predicted octanol–water partition coefficient (Wildman–Crippen LogP) is 5.33. The number of carbonyl (C=O) groups is 3. The second-order valence-corrected chi connectivity index (χ2v) is 9.34. The lowest BCUT2D eigenvalue weighted by Crippen LogP contribution is -2.27. The van der Waals surface area contributed by atoms with Crippen molar-refractivity contribution in [1.29, 1.82) is 0 Å². The van der Waals surface area contributed by atoms with Gasteiger partial charge in [-0.05, 0) is 35.5 Å². The van der Waals surface area contributed by atoms with Gasteiger partial charge in [0.05, 0.1) is 11.4 Å². The first-order valence-electron chi connectivity index (χ1n) is 11.4. The molecule has 3 aromatic carbocycles. The van der Waals surface area contributed by atoms with Gasteiger partial charge in [-0.1, -0.05) is 66.7 Å². The van der Waals surface area contributed by atoms with Crippen LogP contribution in [0.5, 0.6) is 0 Å². The molecule has 6 nitrogen and oxygen atoms in total. The Balaban J connectivity index is 1.36. The number of nitrogens with one attached hydrogen (secondary N) is 1. The minimum atomic E-state index is -0.467. The first kappa shape index (κ1) is 23.6. The molecule has 0 unspecified atom stereocenters. The van der Waals surface area contributed by atoms with Gasteiger partial charge in [0, 0.05) is 34.8 Å². The Bertz CT molecular complexity index is 1500. The van der Waals surface area contributed by atoms with Gasteiger partial charge in [0.25, 0.3) is 11.1 Å². The minimum absolute atomic E-state index is 0.107. The Hall–Kier alpha value is -4.17. The van der Waals surface area contributed by atoms with Crippen LogP contribution in [0.25, 0.3) is 17.0 Å². The van der Waals surface area contributed by atoms with Crippen LogP contribution in [0.2, 0.25) is 0 Å². The van der Waals surface area contributed by atoms with Crippen molar-refractivity contribution in [3.8, 4) is 0 Å². The molecule has 0 aliphatic carbocycles. The number of rotatable bonds is 7. The molecule has 4 aromatic rings. The Morgan fingerprint density at radius 2 is 1.67 bits per heavy atom. The van der Waals surface area contributed by atoms with E-state index in [1.807, 2.05) is 59.2 Å². The molecule has 0 radical (unpaired) electrons. The molecular weight excluding hydrogens is 477 g/mol. The summed E-state index contributed by atoms with van der Waals surface area (Å²) in [5, 5.41) is 3.34. The SMILES string of the molecule is O=C(Cn1cc(/C=C2\SC(=O)N(Cc3ccccc3F)C2=O)c2ccccc21)NCc1ccccc1. The smallest absolute Gasteiger partial charge is 0.293 e. The number of fused-ring (bicyclic) bond motifs is 1. The van der Waals surface area contributed by atoms with Gasteiger partial charge in [0.15, 0.2) is 0 Å². The summed E-state index contributed by atoms with van der Waals surface area (Å²) in [6, 6.07) is 23.3. The van der Waals surface area contributed by atoms with E-state index in [0.717, 1.165) is 38.7 Å². The highest BCUT2D eigenvalue weighted by molar-refractivity contribution is 8.18. The largest absolute Gasteiger partial charge is 0.350 e. The Morgan fingerprint density at radius 1 is 0.944 bits per heavy atom. The highest BCUT2D eigenvalue weighted by atomic mass is 32.2. The summed E-state index contributed by atoms with van der Waals surface area (Å²) < 4.78 is 15.9. The van der Waals surface area contributed by atoms with Crippen molar-refractivity contribution in [3.05, 3.63) is 112 Å². The summed E-state index contributed by atoms with van der Waals surface area (Å²) in [7, 11) is 0. The number of hydrogen-bond acceptors (Lipinski definition) is 4. The van der Waals surface area contributed by atoms with Crippen LogP contribution in [-0.4, -0.2) is 26.5 Å². The quantitative estimate of drug-likeness (QED) is 0.349. The van der Waals surface area contributed by atoms with Crippen LogP contribution in [0.3, 0.4) is 0 Å². The maximum Gasteiger partial charge on any atom is 0.293 e. The molecule has 180 valence electrons. The number of nitrogens with zero attached hydrogens (tertiary/aromatic N) is 2. The summed E-state index contributed by atoms with van der Waals surface area (Å²) in [5.41, 5.74) is 2.84. The van der Waals surface area contributed by atoms with Gasteiger partial charge < -0.3 is 9.88 Å². The second kappa shape index (κ2) is 10.2. The van der Waals surface area contributed by atoms with Crippen molar-refractivity contribution >= 4 is 45.8 Å². The topological polar surface area (TPSA) is 71.4 Å². The van der Waals surface area contributed by atoms with Crippen molar-refractivity contribution < 1.29 is 18.8 Å². The van der Waals surface area contributed by atoms with E-state index in [0.29, 0.717) is 6.54 Å². The zero-order valence-electron chi connectivity index (χ0n) is 19.2. The summed E-state index contributed by atoms with van der Waals surface area (Å²) in [5.74, 6) is -1.07. The van der Waals surface area contributed by atoms with Crippen LogP contribution in [0.4, 0.5) is 9.18 Å². The third-order valence-corrected chi connectivity index (χ3v) is 6.82. The van der Waals surface area contributed by atoms with Crippen LogP contribution in [0.15, 0.2) is 90.0 Å². The van der Waals surface area contributed by atoms with Crippen LogP contribution >= 0.6 is 11.8 Å². The summed E-state index contributed by atoms with van der Waals surface area (Å²) in [6.45, 7) is 0.412. The molecule has 1 aromatic heterocycles. The van der Waals surface area contributed by atoms with Crippen LogP contribution in [0.1, 0.15) is 16.7 Å². The van der Waals surface area contributed by atoms with Crippen molar-refractivity contribution in [3.63, 3.8) is 0 Å². The van der Waals surface area contributed by atoms with E-state index >= 15 is 0 Å². The lowest BCUT2D eigenvalue weighted by molar-refractivity contribution is -0.123. The van der Waals surface area contributed by atoms with Gasteiger partial charge in [-0.3, -0.25) is 19.3 Å². The predicted molar refractivity (Wildman–Crippen MR) is 138 cm³/mol. The van der Waals surface area contributed by atoms with Gasteiger partial charge in [0.2, 0.25) is 5.91 Å². The van der Waals surface area contributed by atoms with E-state index in [-0.39, 0.29) is 29.5 Å². The third kappa shape index (κ3) is 4.94. The first-order chi connectivity index (χ1) is 17.5. The van der Waals surface area contributed by atoms with Crippen LogP contribution < -0.4 is 5.32 Å². The van der Waals surface area contributed by atoms with Crippen molar-refractivity contribution in [2.24, 2.45) is 0 Å². The van der Waals surface area contributed by atoms with Gasteiger partial charge in [-0.25, -0.2) is 4.39 Å². The fourth-order valence-corrected chi connectivity index (χ4v) is 4.93. The van der Waals surface area contributed by atoms with E-state index in [2.05, 4.69) is 5.32 Å². The summed E-state index contributed by atoms with van der Waals surface area (Å²) in [4.78, 5) is 39.5. The van der Waals surface area contributed by atoms with Crippen molar-refractivity contribution in [2.75, 3.05) is 0 Å². The average Bonchev–Trinajstić information content (AvgIpc) is 3.36. The molecule has 0 atom stereocenters. The van der Waals surface area contributed by atoms with Crippen molar-refractivity contribution in [1.82, 2.24) is 14.8 Å². The van der Waals surface area contributed by atoms with E-state index in [9.17, 15) is 18.8 Å². The number of para-hydroxylation sites is 1. The number of carbonyl (C=O) groups excluding carboxylic acids is 3. The molecule has 1 aliphatic heterocycles. The number of thioether (sulfide) groups is 1. The summed E-state index contributed by atoms with van der Waals surface area (Å²) in [6.07, 6.45) is 3.46. The highest BCUT2D eigenvalue weighted by Crippen LogP contribution is 2.35. The Kier molecular flexibility index (Phi) is 6.69. The zero-order chi connectivity index (χ0) is 25.1. The number of halogens is 1. The van der Waals surface area contributed by atoms with Crippen LogP contribution in [0, 0.1) is 5.82 Å². The van der Waals surface area contributed by atoms with E-state index < -0.39 is 17.0 Å². The molecule has 36 heavy (non-hydrogen) atoms. The minimum Gasteiger partial charge on any atom is -0.350 e. The number of hydrogen-bond donors (Lipinski definition) is 1. The zero-order valence-corrected chi connectivity index (χ0v) is 20.0. The van der Waals surface area contributed by atoms with Gasteiger partial charge in [0.1, 0.15) is 12.4 Å². The van der Waals surface area contributed by atoms with E-state index in [1.54, 1.807) is 30.5 Å². The molecular formula is C28H22FN3O3S. The maximum atomic E-state index is 14.1. The molecule has 1 fully saturated rings. The van der Waals surface area contributed by atoms with Crippen LogP contribution in [-0.2, 0) is 29.2 Å². The molecule has 1 aliphatic rings. The number of imide groups is 1. The Morgan fingerprint density at radius 3 is 2.47 bits per heavy atom. The van der Waals surface area contributed by atoms with Gasteiger partial charge in [-0.15, -0.1) is 0 Å². The number of amides is 3. The summed E-state index contributed by atoms with van der Waals surface area (Å²) >= 11 is 0.827. The maximum absolute atomic E-state index is 14.1. The molecule has 0 spiro atoms. The van der Waals surface area contributed by atoms with E-state index in [4.69, 9.17) is 0 Å². The average molecular weight is 500 g/mol. The standard InChI is InChI=1S/C28H22FN3O3S/c29-23-12-6-4-10-20(23)17-32-27(34)25(36-28(32)35)14-21-16-31(24-13-7-5-11-22(21)24)18-26(33)30-15-19-8-2-1-3-9-19/h1-14,16H,15,17-18H2,(H,30,33)/b25-14-. The third-order valence-electron chi connectivity index (χ3n) is 5.91. The molecule has 5 rings (SSSR count). The van der Waals surface area contributed by atoms with Crippen molar-refractivity contribution in [2.45, 2.75) is 19.6 Å². The molecule has 0 saturated carbocycles. The molecule has 8 heteroatoms. The molecule has 2 heterocycles. The number of aromatic nitrogens is 1. The fraction of sp³-hybridized carbons (Fsp3) is 0.107. The van der Waals surface area contributed by atoms with Gasteiger partial charge >= 0.3 is 0 Å². The molecule has 1 saturated heterocycles. The molecule has 3 amide bonds. The van der Waals surface area contributed by atoms with Gasteiger partial charge in [-0.2, -0.15) is 0 Å². The normalized spacial score (nSPS) is 14.7. The fourth-order valence-electron chi connectivity index (χ4n) is 4.10.